The molecule has 4 heterocycles. The molecule has 5 rings (SSSR count). The van der Waals surface area contributed by atoms with Crippen molar-refractivity contribution in [1.82, 2.24) is 20.0 Å². The van der Waals surface area contributed by atoms with Crippen molar-refractivity contribution in [2.45, 2.75) is 84.2 Å². The van der Waals surface area contributed by atoms with Gasteiger partial charge in [-0.25, -0.2) is 4.79 Å². The van der Waals surface area contributed by atoms with Gasteiger partial charge in [0.2, 0.25) is 5.91 Å². The van der Waals surface area contributed by atoms with Crippen LogP contribution in [0.5, 0.6) is 0 Å². The molecule has 1 aliphatic carbocycles. The number of thiophene rings is 1. The summed E-state index contributed by atoms with van der Waals surface area (Å²) < 4.78 is 5.11. The van der Waals surface area contributed by atoms with Crippen LogP contribution in [-0.2, 0) is 20.7 Å². The number of ketones is 1. The Labute approximate surface area is 251 Å². The molecule has 0 bridgehead atoms. The Hall–Kier alpha value is -2.99. The summed E-state index contributed by atoms with van der Waals surface area (Å²) in [7, 11) is 0. The summed E-state index contributed by atoms with van der Waals surface area (Å²) in [4.78, 5) is 70.5. The van der Waals surface area contributed by atoms with E-state index in [1.165, 1.54) is 18.3 Å². The molecule has 1 spiro atoms. The molecule has 4 aliphatic rings. The maximum absolute atomic E-state index is 13.9. The predicted molar refractivity (Wildman–Crippen MR) is 159 cm³/mol. The molecule has 2 unspecified atom stereocenters. The summed E-state index contributed by atoms with van der Waals surface area (Å²) >= 11 is 1.22. The van der Waals surface area contributed by atoms with Crippen LogP contribution < -0.4 is 10.6 Å². The third-order valence-corrected chi connectivity index (χ3v) is 10.5. The van der Waals surface area contributed by atoms with Crippen molar-refractivity contribution in [2.24, 2.45) is 5.41 Å². The standard InChI is InChI=1S/C30H43N5O6S/c1-4-31-29(40)32-26-24(22-7-5-8-23(37)25(22)42-26)27(38)33-13-9-21(10-14-33)34-12-6-11-30(18-34)17-19(2)35(28(30)39)15-16-41-20(3)36/h19,21H,4-18H2,1-3H3,(H2,31,32,40). The molecule has 4 amide bonds. The Bertz CT molecular complexity index is 1240. The zero-order valence-corrected chi connectivity index (χ0v) is 25.8. The van der Waals surface area contributed by atoms with E-state index in [2.05, 4.69) is 22.5 Å². The van der Waals surface area contributed by atoms with Crippen LogP contribution in [0.15, 0.2) is 0 Å². The monoisotopic (exact) mass is 601 g/mol. The fourth-order valence-corrected chi connectivity index (χ4v) is 8.58. The summed E-state index contributed by atoms with van der Waals surface area (Å²) in [5, 5.41) is 6.00. The number of carbonyl (C=O) groups is 5. The van der Waals surface area contributed by atoms with Crippen LogP contribution in [0.3, 0.4) is 0 Å². The number of carbonyl (C=O) groups excluding carboxylic acids is 5. The lowest BCUT2D eigenvalue weighted by Crippen LogP contribution is -2.54. The number of fused-ring (bicyclic) bond motifs is 1. The van der Waals surface area contributed by atoms with Crippen LogP contribution >= 0.6 is 11.3 Å². The Morgan fingerprint density at radius 3 is 2.57 bits per heavy atom. The lowest BCUT2D eigenvalue weighted by atomic mass is 9.76. The number of nitrogens with one attached hydrogen (secondary N) is 2. The molecule has 1 aromatic rings. The maximum atomic E-state index is 13.9. The van der Waals surface area contributed by atoms with Crippen LogP contribution in [0.1, 0.15) is 91.3 Å². The van der Waals surface area contributed by atoms with Crippen molar-refractivity contribution in [1.29, 1.82) is 0 Å². The van der Waals surface area contributed by atoms with Crippen molar-refractivity contribution >= 4 is 45.9 Å². The topological polar surface area (TPSA) is 128 Å². The Balaban J connectivity index is 1.24. The summed E-state index contributed by atoms with van der Waals surface area (Å²) in [5.41, 5.74) is 0.854. The Morgan fingerprint density at radius 2 is 1.86 bits per heavy atom. The average Bonchev–Trinajstić information content (AvgIpc) is 3.43. The van der Waals surface area contributed by atoms with Gasteiger partial charge in [0.05, 0.1) is 22.4 Å². The van der Waals surface area contributed by atoms with Crippen molar-refractivity contribution in [2.75, 3.05) is 51.2 Å². The van der Waals surface area contributed by atoms with Gasteiger partial charge in [0.25, 0.3) is 5.91 Å². The quantitative estimate of drug-likeness (QED) is 0.459. The van der Waals surface area contributed by atoms with Crippen molar-refractivity contribution < 1.29 is 28.7 Å². The highest BCUT2D eigenvalue weighted by atomic mass is 32.1. The van der Waals surface area contributed by atoms with E-state index in [0.29, 0.717) is 60.9 Å². The summed E-state index contributed by atoms with van der Waals surface area (Å²) in [5.74, 6) is -0.244. The lowest BCUT2D eigenvalue weighted by molar-refractivity contribution is -0.146. The molecule has 3 aliphatic heterocycles. The number of nitrogens with zero attached hydrogens (tertiary/aromatic N) is 3. The number of likely N-dealkylation sites (tertiary alicyclic amines) is 3. The first-order chi connectivity index (χ1) is 20.1. The molecule has 2 N–H and O–H groups in total. The average molecular weight is 602 g/mol. The number of piperidine rings is 2. The van der Waals surface area contributed by atoms with Gasteiger partial charge in [-0.3, -0.25) is 29.4 Å². The highest BCUT2D eigenvalue weighted by Crippen LogP contribution is 2.44. The van der Waals surface area contributed by atoms with Gasteiger partial charge in [-0.1, -0.05) is 0 Å². The number of amides is 4. The number of hydrogen-bond donors (Lipinski definition) is 2. The second-order valence-corrected chi connectivity index (χ2v) is 13.2. The molecule has 230 valence electrons. The van der Waals surface area contributed by atoms with E-state index in [1.807, 2.05) is 16.7 Å². The normalized spacial score (nSPS) is 25.1. The smallest absolute Gasteiger partial charge is 0.319 e. The largest absolute Gasteiger partial charge is 0.464 e. The van der Waals surface area contributed by atoms with Crippen molar-refractivity contribution in [3.05, 3.63) is 16.0 Å². The minimum absolute atomic E-state index is 0.0395. The van der Waals surface area contributed by atoms with Crippen LogP contribution in [0, 0.1) is 5.41 Å². The van der Waals surface area contributed by atoms with Gasteiger partial charge < -0.3 is 19.9 Å². The van der Waals surface area contributed by atoms with E-state index in [0.717, 1.165) is 50.8 Å². The molecule has 1 aromatic heterocycles. The molecule has 0 radical (unpaired) electrons. The Morgan fingerprint density at radius 1 is 1.10 bits per heavy atom. The molecule has 11 nitrogen and oxygen atoms in total. The fraction of sp³-hybridized carbons (Fsp3) is 0.700. The van der Waals surface area contributed by atoms with Crippen molar-refractivity contribution in [3.8, 4) is 0 Å². The van der Waals surface area contributed by atoms with Gasteiger partial charge in [0.1, 0.15) is 11.6 Å². The molecule has 0 aromatic carbocycles. The first kappa shape index (κ1) is 30.5. The molecular formula is C30H43N5O6S. The number of anilines is 1. The predicted octanol–water partition coefficient (Wildman–Crippen LogP) is 3.28. The number of rotatable bonds is 7. The first-order valence-electron chi connectivity index (χ1n) is 15.3. The van der Waals surface area contributed by atoms with Crippen LogP contribution in [0.4, 0.5) is 9.80 Å². The number of hydrogen-bond acceptors (Lipinski definition) is 8. The fourth-order valence-electron chi connectivity index (χ4n) is 7.38. The summed E-state index contributed by atoms with van der Waals surface area (Å²) in [6, 6.07) is 0.0180. The van der Waals surface area contributed by atoms with E-state index in [9.17, 15) is 24.0 Å². The van der Waals surface area contributed by atoms with Crippen LogP contribution in [-0.4, -0.2) is 102 Å². The highest BCUT2D eigenvalue weighted by molar-refractivity contribution is 7.18. The van der Waals surface area contributed by atoms with Gasteiger partial charge in [-0.05, 0) is 70.9 Å². The zero-order chi connectivity index (χ0) is 30.0. The summed E-state index contributed by atoms with van der Waals surface area (Å²) in [6.07, 6.45) is 6.10. The van der Waals surface area contributed by atoms with Gasteiger partial charge >= 0.3 is 12.0 Å². The minimum Gasteiger partial charge on any atom is -0.464 e. The van der Waals surface area contributed by atoms with Gasteiger partial charge in [-0.15, -0.1) is 11.3 Å². The number of ether oxygens (including phenoxy) is 1. The van der Waals surface area contributed by atoms with Gasteiger partial charge in [0, 0.05) is 51.6 Å². The second-order valence-electron chi connectivity index (χ2n) is 12.1. The minimum atomic E-state index is -0.400. The molecule has 42 heavy (non-hydrogen) atoms. The van der Waals surface area contributed by atoms with Crippen LogP contribution in [0.2, 0.25) is 0 Å². The van der Waals surface area contributed by atoms with Gasteiger partial charge in [-0.2, -0.15) is 0 Å². The van der Waals surface area contributed by atoms with Gasteiger partial charge in [0.15, 0.2) is 5.78 Å². The number of Topliss-reactive ketones (excluding diaryl/α,β-unsaturated/α-hetero) is 1. The molecule has 2 atom stereocenters. The SMILES string of the molecule is CCNC(=O)Nc1sc2c(c1C(=O)N1CCC(N3CCCC4(CC(C)N(CCOC(C)=O)C4=O)C3)CC1)CCCC2=O. The molecule has 0 saturated carbocycles. The maximum Gasteiger partial charge on any atom is 0.319 e. The molecule has 3 fully saturated rings. The third-order valence-electron chi connectivity index (χ3n) is 9.31. The van der Waals surface area contributed by atoms with E-state index >= 15 is 0 Å². The molecule has 12 heteroatoms. The van der Waals surface area contributed by atoms with Crippen molar-refractivity contribution in [3.63, 3.8) is 0 Å². The summed E-state index contributed by atoms with van der Waals surface area (Å²) in [6.45, 7) is 9.23. The number of esters is 1. The van der Waals surface area contributed by atoms with E-state index < -0.39 is 5.41 Å². The molecule has 3 saturated heterocycles. The number of urea groups is 1. The van der Waals surface area contributed by atoms with E-state index in [-0.39, 0.29) is 48.3 Å². The van der Waals surface area contributed by atoms with E-state index in [1.54, 1.807) is 0 Å². The third kappa shape index (κ3) is 6.06. The first-order valence-corrected chi connectivity index (χ1v) is 16.2. The molecular weight excluding hydrogens is 558 g/mol. The second kappa shape index (κ2) is 12.7. The van der Waals surface area contributed by atoms with E-state index in [4.69, 9.17) is 4.74 Å². The lowest BCUT2D eigenvalue weighted by Gasteiger charge is -2.45. The highest BCUT2D eigenvalue weighted by Gasteiger charge is 2.52. The zero-order valence-electron chi connectivity index (χ0n) is 25.0. The Kier molecular flexibility index (Phi) is 9.22. The van der Waals surface area contributed by atoms with Crippen LogP contribution in [0.25, 0.3) is 0 Å².